The molecule has 106 valence electrons. The Morgan fingerprint density at radius 3 is 2.45 bits per heavy atom. The molecule has 0 fully saturated rings. The Kier molecular flexibility index (Phi) is 5.11. The fraction of sp³-hybridized carbons (Fsp3) is 0.308. The maximum absolute atomic E-state index is 5.59. The smallest absolute Gasteiger partial charge is 0.330 e. The van der Waals surface area contributed by atoms with E-state index < -0.39 is 0 Å². The molecule has 1 aromatic carbocycles. The van der Waals surface area contributed by atoms with Gasteiger partial charge in [0, 0.05) is 11.5 Å². The van der Waals surface area contributed by atoms with Gasteiger partial charge in [-0.2, -0.15) is 9.97 Å². The van der Waals surface area contributed by atoms with E-state index in [1.54, 1.807) is 7.05 Å². The SMILES string of the molecule is CCCOc1nc(NC)nc(Oc2ccc(Br)cc2)n1. The van der Waals surface area contributed by atoms with E-state index in [-0.39, 0.29) is 12.0 Å². The summed E-state index contributed by atoms with van der Waals surface area (Å²) in [6, 6.07) is 7.84. The Balaban J connectivity index is 2.19. The molecule has 1 aromatic heterocycles. The standard InChI is InChI=1S/C13H15BrN4O2/c1-3-8-19-12-16-11(15-2)17-13(18-12)20-10-6-4-9(14)5-7-10/h4-7H,3,8H2,1-2H3,(H,15,16,17,18). The largest absolute Gasteiger partial charge is 0.463 e. The summed E-state index contributed by atoms with van der Waals surface area (Å²) in [4.78, 5) is 12.4. The number of aromatic nitrogens is 3. The van der Waals surface area contributed by atoms with E-state index in [9.17, 15) is 0 Å². The summed E-state index contributed by atoms with van der Waals surface area (Å²) in [6.45, 7) is 2.56. The van der Waals surface area contributed by atoms with E-state index >= 15 is 0 Å². The van der Waals surface area contributed by atoms with Crippen LogP contribution in [0, 0.1) is 0 Å². The van der Waals surface area contributed by atoms with E-state index in [1.165, 1.54) is 0 Å². The third kappa shape index (κ3) is 4.06. The first-order valence-corrected chi connectivity index (χ1v) is 7.00. The molecule has 0 aliphatic heterocycles. The summed E-state index contributed by atoms with van der Waals surface area (Å²) in [6.07, 6.45) is 0.878. The quantitative estimate of drug-likeness (QED) is 0.871. The maximum Gasteiger partial charge on any atom is 0.330 e. The fourth-order valence-corrected chi connectivity index (χ4v) is 1.63. The number of ether oxygens (including phenoxy) is 2. The molecule has 0 aliphatic carbocycles. The van der Waals surface area contributed by atoms with Crippen LogP contribution in [0.2, 0.25) is 0 Å². The second-order valence-electron chi connectivity index (χ2n) is 3.88. The molecule has 0 radical (unpaired) electrons. The van der Waals surface area contributed by atoms with Gasteiger partial charge in [0.2, 0.25) is 5.95 Å². The van der Waals surface area contributed by atoms with Crippen LogP contribution in [0.1, 0.15) is 13.3 Å². The highest BCUT2D eigenvalue weighted by Gasteiger charge is 2.08. The lowest BCUT2D eigenvalue weighted by Crippen LogP contribution is -2.06. The number of nitrogens with one attached hydrogen (secondary N) is 1. The highest BCUT2D eigenvalue weighted by Crippen LogP contribution is 2.22. The van der Waals surface area contributed by atoms with Gasteiger partial charge in [0.15, 0.2) is 0 Å². The predicted octanol–water partition coefficient (Wildman–Crippen LogP) is 3.26. The van der Waals surface area contributed by atoms with Gasteiger partial charge in [-0.15, -0.1) is 4.98 Å². The second-order valence-corrected chi connectivity index (χ2v) is 4.79. The highest BCUT2D eigenvalue weighted by molar-refractivity contribution is 9.10. The molecule has 0 spiro atoms. The van der Waals surface area contributed by atoms with E-state index in [1.807, 2.05) is 31.2 Å². The lowest BCUT2D eigenvalue weighted by molar-refractivity contribution is 0.285. The molecule has 0 bridgehead atoms. The van der Waals surface area contributed by atoms with Crippen molar-refractivity contribution in [3.63, 3.8) is 0 Å². The Morgan fingerprint density at radius 2 is 1.80 bits per heavy atom. The molecule has 0 atom stereocenters. The third-order valence-electron chi connectivity index (χ3n) is 2.28. The summed E-state index contributed by atoms with van der Waals surface area (Å²) in [5.74, 6) is 1.04. The molecule has 20 heavy (non-hydrogen) atoms. The van der Waals surface area contributed by atoms with Crippen LogP contribution in [-0.4, -0.2) is 28.6 Å². The van der Waals surface area contributed by atoms with Crippen LogP contribution in [0.15, 0.2) is 28.7 Å². The van der Waals surface area contributed by atoms with Crippen molar-refractivity contribution in [2.45, 2.75) is 13.3 Å². The Hall–Kier alpha value is -1.89. The van der Waals surface area contributed by atoms with E-state index in [2.05, 4.69) is 36.2 Å². The second kappa shape index (κ2) is 7.04. The summed E-state index contributed by atoms with van der Waals surface area (Å²) in [7, 11) is 1.72. The van der Waals surface area contributed by atoms with E-state index in [4.69, 9.17) is 9.47 Å². The maximum atomic E-state index is 5.59. The van der Waals surface area contributed by atoms with Crippen LogP contribution in [0.25, 0.3) is 0 Å². The first-order chi connectivity index (χ1) is 9.71. The molecule has 7 heteroatoms. The molecule has 0 saturated carbocycles. The summed E-state index contributed by atoms with van der Waals surface area (Å²) in [5, 5.41) is 2.85. The minimum atomic E-state index is 0.192. The average Bonchev–Trinajstić information content (AvgIpc) is 2.47. The van der Waals surface area contributed by atoms with Gasteiger partial charge in [-0.25, -0.2) is 0 Å². The van der Waals surface area contributed by atoms with Crippen LogP contribution >= 0.6 is 15.9 Å². The van der Waals surface area contributed by atoms with Gasteiger partial charge in [0.05, 0.1) is 6.61 Å². The van der Waals surface area contributed by atoms with Crippen molar-refractivity contribution in [3.8, 4) is 17.8 Å². The molecule has 0 unspecified atom stereocenters. The lowest BCUT2D eigenvalue weighted by atomic mass is 10.3. The molecule has 2 rings (SSSR count). The first kappa shape index (κ1) is 14.5. The number of anilines is 1. The fourth-order valence-electron chi connectivity index (χ4n) is 1.36. The van der Waals surface area contributed by atoms with Crippen molar-refractivity contribution in [2.75, 3.05) is 19.0 Å². The van der Waals surface area contributed by atoms with Gasteiger partial charge in [-0.05, 0) is 30.7 Å². The summed E-state index contributed by atoms with van der Waals surface area (Å²) >= 11 is 3.37. The van der Waals surface area contributed by atoms with Crippen molar-refractivity contribution in [1.29, 1.82) is 0 Å². The van der Waals surface area contributed by atoms with Gasteiger partial charge in [-0.1, -0.05) is 22.9 Å². The van der Waals surface area contributed by atoms with E-state index in [0.29, 0.717) is 18.3 Å². The van der Waals surface area contributed by atoms with Gasteiger partial charge in [0.25, 0.3) is 0 Å². The number of halogens is 1. The van der Waals surface area contributed by atoms with Gasteiger partial charge >= 0.3 is 12.0 Å². The van der Waals surface area contributed by atoms with Crippen LogP contribution < -0.4 is 14.8 Å². The van der Waals surface area contributed by atoms with Gasteiger partial charge < -0.3 is 14.8 Å². The molecule has 0 saturated heterocycles. The summed E-state index contributed by atoms with van der Waals surface area (Å²) in [5.41, 5.74) is 0. The molecule has 0 amide bonds. The lowest BCUT2D eigenvalue weighted by Gasteiger charge is -2.08. The molecule has 2 aromatic rings. The number of hydrogen-bond acceptors (Lipinski definition) is 6. The molecule has 1 heterocycles. The molecule has 1 N–H and O–H groups in total. The number of benzene rings is 1. The Morgan fingerprint density at radius 1 is 1.10 bits per heavy atom. The normalized spacial score (nSPS) is 10.2. The minimum absolute atomic E-state index is 0.192. The van der Waals surface area contributed by atoms with Crippen molar-refractivity contribution < 1.29 is 9.47 Å². The van der Waals surface area contributed by atoms with Crippen LogP contribution in [0.4, 0.5) is 5.95 Å². The molecular formula is C13H15BrN4O2. The van der Waals surface area contributed by atoms with Crippen LogP contribution in [0.3, 0.4) is 0 Å². The Labute approximate surface area is 125 Å². The topological polar surface area (TPSA) is 69.2 Å². The number of hydrogen-bond donors (Lipinski definition) is 1. The molecule has 0 aliphatic rings. The van der Waals surface area contributed by atoms with Crippen molar-refractivity contribution >= 4 is 21.9 Å². The van der Waals surface area contributed by atoms with Gasteiger partial charge in [-0.3, -0.25) is 0 Å². The molecule has 6 nitrogen and oxygen atoms in total. The monoisotopic (exact) mass is 338 g/mol. The average molecular weight is 339 g/mol. The van der Waals surface area contributed by atoms with Crippen molar-refractivity contribution in [2.24, 2.45) is 0 Å². The summed E-state index contributed by atoms with van der Waals surface area (Å²) < 4.78 is 12.0. The predicted molar refractivity (Wildman–Crippen MR) is 79.4 cm³/mol. The first-order valence-electron chi connectivity index (χ1n) is 6.21. The zero-order valence-electron chi connectivity index (χ0n) is 11.3. The number of nitrogens with zero attached hydrogens (tertiary/aromatic N) is 3. The van der Waals surface area contributed by atoms with Crippen molar-refractivity contribution in [1.82, 2.24) is 15.0 Å². The van der Waals surface area contributed by atoms with Crippen LogP contribution in [0.5, 0.6) is 17.8 Å². The van der Waals surface area contributed by atoms with Crippen molar-refractivity contribution in [3.05, 3.63) is 28.7 Å². The molecular weight excluding hydrogens is 324 g/mol. The zero-order chi connectivity index (χ0) is 14.4. The van der Waals surface area contributed by atoms with Crippen LogP contribution in [-0.2, 0) is 0 Å². The van der Waals surface area contributed by atoms with Gasteiger partial charge in [0.1, 0.15) is 5.75 Å². The minimum Gasteiger partial charge on any atom is -0.463 e. The van der Waals surface area contributed by atoms with E-state index in [0.717, 1.165) is 10.9 Å². The highest BCUT2D eigenvalue weighted by atomic mass is 79.9. The number of rotatable bonds is 6. The zero-order valence-corrected chi connectivity index (χ0v) is 12.8. The Bertz CT molecular complexity index is 563. The third-order valence-corrected chi connectivity index (χ3v) is 2.80.